The van der Waals surface area contributed by atoms with Gasteiger partial charge in [-0.15, -0.1) is 0 Å². The van der Waals surface area contributed by atoms with Crippen molar-refractivity contribution in [3.8, 4) is 0 Å². The molecule has 1 aliphatic carbocycles. The fraction of sp³-hybridized carbons (Fsp3) is 0.462. The maximum Gasteiger partial charge on any atom is 0.137 e. The second-order valence-corrected chi connectivity index (χ2v) is 4.52. The maximum atomic E-state index is 4.77. The van der Waals surface area contributed by atoms with Crippen LogP contribution in [-0.4, -0.2) is 9.38 Å². The Morgan fingerprint density at radius 2 is 2.40 bits per heavy atom. The van der Waals surface area contributed by atoms with Crippen LogP contribution in [0.25, 0.3) is 5.65 Å². The van der Waals surface area contributed by atoms with Gasteiger partial charge in [0.05, 0.1) is 5.69 Å². The zero-order valence-corrected chi connectivity index (χ0v) is 9.33. The fourth-order valence-electron chi connectivity index (χ4n) is 2.64. The lowest BCUT2D eigenvalue weighted by molar-refractivity contribution is 0.641. The van der Waals surface area contributed by atoms with Crippen LogP contribution in [0.2, 0.25) is 0 Å². The maximum absolute atomic E-state index is 4.77. The van der Waals surface area contributed by atoms with Gasteiger partial charge in [-0.25, -0.2) is 4.98 Å². The van der Waals surface area contributed by atoms with E-state index in [1.165, 1.54) is 36.2 Å². The first-order valence-corrected chi connectivity index (χ1v) is 5.77. The summed E-state index contributed by atoms with van der Waals surface area (Å²) in [7, 11) is 0. The number of hydrogen-bond donors (Lipinski definition) is 0. The summed E-state index contributed by atoms with van der Waals surface area (Å²) in [6.07, 6.45) is 5.85. The predicted octanol–water partition coefficient (Wildman–Crippen LogP) is 3.08. The molecule has 15 heavy (non-hydrogen) atoms. The van der Waals surface area contributed by atoms with Crippen molar-refractivity contribution in [1.82, 2.24) is 9.38 Å². The van der Waals surface area contributed by atoms with Gasteiger partial charge < -0.3 is 4.40 Å². The van der Waals surface area contributed by atoms with E-state index in [-0.39, 0.29) is 0 Å². The van der Waals surface area contributed by atoms with E-state index in [1.807, 2.05) is 0 Å². The van der Waals surface area contributed by atoms with Crippen LogP contribution in [0.1, 0.15) is 42.6 Å². The Morgan fingerprint density at radius 1 is 1.53 bits per heavy atom. The quantitative estimate of drug-likeness (QED) is 0.691. The summed E-state index contributed by atoms with van der Waals surface area (Å²) < 4.78 is 2.26. The number of pyridine rings is 1. The van der Waals surface area contributed by atoms with E-state index < -0.39 is 0 Å². The first-order chi connectivity index (χ1) is 7.29. The van der Waals surface area contributed by atoms with Crippen molar-refractivity contribution >= 4 is 5.65 Å². The second kappa shape index (κ2) is 3.09. The molecule has 0 saturated heterocycles. The summed E-state index contributed by atoms with van der Waals surface area (Å²) in [5.74, 6) is 0.695. The molecule has 2 heteroatoms. The smallest absolute Gasteiger partial charge is 0.137 e. The van der Waals surface area contributed by atoms with Crippen molar-refractivity contribution in [3.05, 3.63) is 35.3 Å². The molecule has 3 rings (SSSR count). The lowest BCUT2D eigenvalue weighted by Crippen LogP contribution is -1.91. The van der Waals surface area contributed by atoms with E-state index in [0.717, 1.165) is 5.65 Å². The summed E-state index contributed by atoms with van der Waals surface area (Å²) in [4.78, 5) is 4.77. The molecule has 0 bridgehead atoms. The Balaban J connectivity index is 2.25. The summed E-state index contributed by atoms with van der Waals surface area (Å²) >= 11 is 0. The van der Waals surface area contributed by atoms with Crippen LogP contribution in [0.15, 0.2) is 18.3 Å². The SMILES string of the molecule is CCC1CCc2c1nc1cc(C)ccn21. The lowest BCUT2D eigenvalue weighted by atomic mass is 10.1. The summed E-state index contributed by atoms with van der Waals surface area (Å²) in [6.45, 7) is 4.38. The number of imidazole rings is 1. The van der Waals surface area contributed by atoms with Crippen molar-refractivity contribution in [1.29, 1.82) is 0 Å². The molecule has 0 spiro atoms. The Hall–Kier alpha value is -1.31. The van der Waals surface area contributed by atoms with Crippen LogP contribution in [0.4, 0.5) is 0 Å². The number of hydrogen-bond acceptors (Lipinski definition) is 1. The first-order valence-electron chi connectivity index (χ1n) is 5.77. The normalized spacial score (nSPS) is 19.7. The highest BCUT2D eigenvalue weighted by Gasteiger charge is 2.25. The van der Waals surface area contributed by atoms with Gasteiger partial charge in [0, 0.05) is 17.8 Å². The van der Waals surface area contributed by atoms with Crippen LogP contribution in [0, 0.1) is 6.92 Å². The molecule has 0 saturated carbocycles. The van der Waals surface area contributed by atoms with Gasteiger partial charge in [0.2, 0.25) is 0 Å². The Morgan fingerprint density at radius 3 is 3.20 bits per heavy atom. The van der Waals surface area contributed by atoms with E-state index in [4.69, 9.17) is 4.98 Å². The standard InChI is InChI=1S/C13H16N2/c1-3-10-4-5-11-13(10)14-12-8-9(2)6-7-15(11)12/h6-8,10H,3-5H2,1-2H3. The summed E-state index contributed by atoms with van der Waals surface area (Å²) in [5, 5.41) is 0. The molecule has 1 aliphatic rings. The van der Waals surface area contributed by atoms with Gasteiger partial charge in [-0.3, -0.25) is 0 Å². The zero-order valence-electron chi connectivity index (χ0n) is 9.33. The lowest BCUT2D eigenvalue weighted by Gasteiger charge is -2.02. The number of rotatable bonds is 1. The van der Waals surface area contributed by atoms with E-state index in [9.17, 15) is 0 Å². The average Bonchev–Trinajstić information content (AvgIpc) is 2.74. The van der Waals surface area contributed by atoms with Crippen LogP contribution >= 0.6 is 0 Å². The highest BCUT2D eigenvalue weighted by molar-refractivity contribution is 5.47. The third-order valence-electron chi connectivity index (χ3n) is 3.52. The van der Waals surface area contributed by atoms with Gasteiger partial charge in [0.1, 0.15) is 5.65 Å². The molecule has 1 unspecified atom stereocenters. The number of fused-ring (bicyclic) bond motifs is 3. The molecule has 0 aliphatic heterocycles. The van der Waals surface area contributed by atoms with E-state index >= 15 is 0 Å². The minimum absolute atomic E-state index is 0.695. The molecule has 0 N–H and O–H groups in total. The summed E-state index contributed by atoms with van der Waals surface area (Å²) in [5.41, 5.74) is 5.21. The Labute approximate surface area is 90.0 Å². The number of aromatic nitrogens is 2. The van der Waals surface area contributed by atoms with Crippen LogP contribution in [-0.2, 0) is 6.42 Å². The second-order valence-electron chi connectivity index (χ2n) is 4.52. The minimum Gasteiger partial charge on any atom is -0.304 e. The minimum atomic E-state index is 0.695. The molecule has 2 heterocycles. The largest absolute Gasteiger partial charge is 0.304 e. The number of nitrogens with zero attached hydrogens (tertiary/aromatic N) is 2. The zero-order chi connectivity index (χ0) is 10.4. The molecule has 78 valence electrons. The van der Waals surface area contributed by atoms with Gasteiger partial charge >= 0.3 is 0 Å². The molecule has 2 nitrogen and oxygen atoms in total. The van der Waals surface area contributed by atoms with E-state index in [1.54, 1.807) is 0 Å². The molecule has 0 radical (unpaired) electrons. The third-order valence-corrected chi connectivity index (χ3v) is 3.52. The van der Waals surface area contributed by atoms with Crippen LogP contribution < -0.4 is 0 Å². The Bertz CT molecular complexity index is 510. The highest BCUT2D eigenvalue weighted by Crippen LogP contribution is 2.35. The van der Waals surface area contributed by atoms with E-state index in [2.05, 4.69) is 36.6 Å². The topological polar surface area (TPSA) is 17.3 Å². The molecule has 1 atom stereocenters. The average molecular weight is 200 g/mol. The van der Waals surface area contributed by atoms with Crippen molar-refractivity contribution in [2.75, 3.05) is 0 Å². The molecule has 2 aromatic rings. The highest BCUT2D eigenvalue weighted by atomic mass is 15.0. The van der Waals surface area contributed by atoms with Gasteiger partial charge in [-0.2, -0.15) is 0 Å². The van der Waals surface area contributed by atoms with Crippen molar-refractivity contribution in [3.63, 3.8) is 0 Å². The number of aryl methyl sites for hydroxylation is 2. The molecule has 0 fully saturated rings. The molecular weight excluding hydrogens is 184 g/mol. The van der Waals surface area contributed by atoms with Crippen molar-refractivity contribution in [2.45, 2.75) is 39.0 Å². The van der Waals surface area contributed by atoms with E-state index in [0.29, 0.717) is 5.92 Å². The molecular formula is C13H16N2. The Kier molecular flexibility index (Phi) is 1.84. The van der Waals surface area contributed by atoms with Crippen LogP contribution in [0.5, 0.6) is 0 Å². The monoisotopic (exact) mass is 200 g/mol. The third kappa shape index (κ3) is 1.21. The van der Waals surface area contributed by atoms with Crippen molar-refractivity contribution in [2.24, 2.45) is 0 Å². The van der Waals surface area contributed by atoms with Gasteiger partial charge in [0.25, 0.3) is 0 Å². The summed E-state index contributed by atoms with van der Waals surface area (Å²) in [6, 6.07) is 4.33. The molecule has 2 aromatic heterocycles. The van der Waals surface area contributed by atoms with Gasteiger partial charge in [0.15, 0.2) is 0 Å². The van der Waals surface area contributed by atoms with Crippen molar-refractivity contribution < 1.29 is 0 Å². The van der Waals surface area contributed by atoms with Gasteiger partial charge in [-0.05, 0) is 43.9 Å². The molecule has 0 amide bonds. The predicted molar refractivity (Wildman–Crippen MR) is 61.3 cm³/mol. The van der Waals surface area contributed by atoms with Crippen LogP contribution in [0.3, 0.4) is 0 Å². The molecule has 0 aromatic carbocycles. The van der Waals surface area contributed by atoms with Gasteiger partial charge in [-0.1, -0.05) is 6.92 Å². The first kappa shape index (κ1) is 8.96. The fourth-order valence-corrected chi connectivity index (χ4v) is 2.64.